The zero-order valence-corrected chi connectivity index (χ0v) is 9.23. The van der Waals surface area contributed by atoms with Gasteiger partial charge in [-0.05, 0) is 12.0 Å². The molecule has 3 heteroatoms. The molecule has 0 aliphatic rings. The highest BCUT2D eigenvalue weighted by molar-refractivity contribution is 5.51. The third kappa shape index (κ3) is 1.92. The second kappa shape index (κ2) is 4.74. The van der Waals surface area contributed by atoms with Gasteiger partial charge in [0.1, 0.15) is 0 Å². The van der Waals surface area contributed by atoms with Gasteiger partial charge in [0.05, 0.1) is 17.4 Å². The third-order valence-corrected chi connectivity index (χ3v) is 1.90. The SMILES string of the molecule is CC.CC(C)c1nccn2nccc12. The standard InChI is InChI=1S/C9H11N3.C2H6/c1-7(2)9-8-3-4-11-12(8)6-5-10-9;1-2/h3-7H,1-2H3;1-2H3. The van der Waals surface area contributed by atoms with E-state index in [0.29, 0.717) is 5.92 Å². The molecule has 0 aliphatic carbocycles. The molecule has 2 heterocycles. The maximum atomic E-state index is 4.32. The van der Waals surface area contributed by atoms with Crippen molar-refractivity contribution in [3.63, 3.8) is 0 Å². The van der Waals surface area contributed by atoms with E-state index in [1.165, 1.54) is 0 Å². The van der Waals surface area contributed by atoms with Crippen LogP contribution in [0.4, 0.5) is 0 Å². The van der Waals surface area contributed by atoms with Crippen molar-refractivity contribution in [2.45, 2.75) is 33.6 Å². The van der Waals surface area contributed by atoms with Crippen molar-refractivity contribution in [1.82, 2.24) is 14.6 Å². The minimum absolute atomic E-state index is 0.449. The van der Waals surface area contributed by atoms with Crippen molar-refractivity contribution in [2.24, 2.45) is 0 Å². The summed E-state index contributed by atoms with van der Waals surface area (Å²) in [6.07, 6.45) is 5.44. The normalized spacial score (nSPS) is 10.1. The topological polar surface area (TPSA) is 30.2 Å². The lowest BCUT2D eigenvalue weighted by molar-refractivity contribution is 0.809. The van der Waals surface area contributed by atoms with Gasteiger partial charge in [-0.2, -0.15) is 5.10 Å². The summed E-state index contributed by atoms with van der Waals surface area (Å²) >= 11 is 0. The fourth-order valence-corrected chi connectivity index (χ4v) is 1.32. The Hall–Kier alpha value is -1.38. The molecule has 2 aromatic heterocycles. The van der Waals surface area contributed by atoms with Crippen molar-refractivity contribution in [2.75, 3.05) is 0 Å². The second-order valence-electron chi connectivity index (χ2n) is 3.13. The van der Waals surface area contributed by atoms with E-state index in [1.54, 1.807) is 12.4 Å². The molecule has 0 saturated carbocycles. The van der Waals surface area contributed by atoms with Crippen LogP contribution in [0.15, 0.2) is 24.7 Å². The molecule has 0 unspecified atom stereocenters. The zero-order chi connectivity index (χ0) is 10.6. The van der Waals surface area contributed by atoms with E-state index in [1.807, 2.05) is 30.6 Å². The summed E-state index contributed by atoms with van der Waals surface area (Å²) in [6.45, 7) is 8.27. The highest BCUT2D eigenvalue weighted by Gasteiger charge is 2.05. The molecule has 0 fully saturated rings. The molecule has 0 aromatic carbocycles. The first-order valence-electron chi connectivity index (χ1n) is 5.07. The number of aromatic nitrogens is 3. The number of fused-ring (bicyclic) bond motifs is 1. The van der Waals surface area contributed by atoms with Gasteiger partial charge in [-0.15, -0.1) is 0 Å². The van der Waals surface area contributed by atoms with E-state index in [2.05, 4.69) is 23.9 Å². The first-order valence-corrected chi connectivity index (χ1v) is 5.07. The van der Waals surface area contributed by atoms with Crippen molar-refractivity contribution < 1.29 is 0 Å². The fraction of sp³-hybridized carbons (Fsp3) is 0.455. The number of hydrogen-bond acceptors (Lipinski definition) is 2. The molecule has 0 N–H and O–H groups in total. The van der Waals surface area contributed by atoms with E-state index in [-0.39, 0.29) is 0 Å². The Kier molecular flexibility index (Phi) is 3.63. The summed E-state index contributed by atoms with van der Waals surface area (Å²) < 4.78 is 1.85. The predicted octanol–water partition coefficient (Wildman–Crippen LogP) is 2.88. The molecule has 0 saturated heterocycles. The minimum Gasteiger partial charge on any atom is -0.257 e. The Labute approximate surface area is 84.8 Å². The highest BCUT2D eigenvalue weighted by Crippen LogP contribution is 2.16. The Morgan fingerprint density at radius 1 is 1.21 bits per heavy atom. The van der Waals surface area contributed by atoms with E-state index in [0.717, 1.165) is 11.2 Å². The molecular weight excluding hydrogens is 174 g/mol. The van der Waals surface area contributed by atoms with Gasteiger partial charge >= 0.3 is 0 Å². The molecule has 0 aliphatic heterocycles. The number of nitrogens with zero attached hydrogens (tertiary/aromatic N) is 3. The van der Waals surface area contributed by atoms with Crippen LogP contribution in [0.1, 0.15) is 39.3 Å². The monoisotopic (exact) mass is 191 g/mol. The van der Waals surface area contributed by atoms with Gasteiger partial charge in [-0.1, -0.05) is 27.7 Å². The van der Waals surface area contributed by atoms with Crippen molar-refractivity contribution in [3.05, 3.63) is 30.4 Å². The molecular formula is C11H17N3. The Balaban J connectivity index is 0.000000461. The van der Waals surface area contributed by atoms with Crippen LogP contribution in [0.2, 0.25) is 0 Å². The molecule has 0 spiro atoms. The van der Waals surface area contributed by atoms with Crippen LogP contribution in [-0.2, 0) is 0 Å². The summed E-state index contributed by atoms with van der Waals surface area (Å²) in [4.78, 5) is 4.32. The van der Waals surface area contributed by atoms with Gasteiger partial charge in [0, 0.05) is 12.4 Å². The molecule has 14 heavy (non-hydrogen) atoms. The van der Waals surface area contributed by atoms with Crippen molar-refractivity contribution >= 4 is 5.52 Å². The molecule has 76 valence electrons. The lowest BCUT2D eigenvalue weighted by Crippen LogP contribution is -1.97. The lowest BCUT2D eigenvalue weighted by atomic mass is 10.1. The van der Waals surface area contributed by atoms with Crippen LogP contribution >= 0.6 is 0 Å². The molecule has 2 rings (SSSR count). The Morgan fingerprint density at radius 3 is 2.57 bits per heavy atom. The second-order valence-corrected chi connectivity index (χ2v) is 3.13. The minimum atomic E-state index is 0.449. The lowest BCUT2D eigenvalue weighted by Gasteiger charge is -2.04. The fourth-order valence-electron chi connectivity index (χ4n) is 1.32. The summed E-state index contributed by atoms with van der Waals surface area (Å²) in [5.74, 6) is 0.449. The molecule has 3 nitrogen and oxygen atoms in total. The summed E-state index contributed by atoms with van der Waals surface area (Å²) in [7, 11) is 0. The predicted molar refractivity (Wildman–Crippen MR) is 58.4 cm³/mol. The quantitative estimate of drug-likeness (QED) is 0.693. The van der Waals surface area contributed by atoms with Gasteiger partial charge in [0.25, 0.3) is 0 Å². The molecule has 2 aromatic rings. The van der Waals surface area contributed by atoms with Crippen molar-refractivity contribution in [3.8, 4) is 0 Å². The zero-order valence-electron chi connectivity index (χ0n) is 9.23. The van der Waals surface area contributed by atoms with Gasteiger partial charge < -0.3 is 0 Å². The molecule has 0 bridgehead atoms. The number of hydrogen-bond donors (Lipinski definition) is 0. The summed E-state index contributed by atoms with van der Waals surface area (Å²) in [6, 6.07) is 1.99. The van der Waals surface area contributed by atoms with E-state index < -0.39 is 0 Å². The summed E-state index contributed by atoms with van der Waals surface area (Å²) in [5, 5.41) is 4.14. The van der Waals surface area contributed by atoms with Crippen LogP contribution in [0, 0.1) is 0 Å². The molecule has 0 radical (unpaired) electrons. The average Bonchev–Trinajstić information content (AvgIpc) is 2.67. The average molecular weight is 191 g/mol. The Bertz CT molecular complexity index is 390. The van der Waals surface area contributed by atoms with Crippen LogP contribution in [-0.4, -0.2) is 14.6 Å². The Morgan fingerprint density at radius 2 is 1.93 bits per heavy atom. The maximum Gasteiger partial charge on any atom is 0.0879 e. The van der Waals surface area contributed by atoms with Crippen molar-refractivity contribution in [1.29, 1.82) is 0 Å². The first-order chi connectivity index (χ1) is 6.79. The highest BCUT2D eigenvalue weighted by atomic mass is 15.2. The van der Waals surface area contributed by atoms with Gasteiger partial charge in [-0.3, -0.25) is 4.98 Å². The molecule has 0 atom stereocenters. The third-order valence-electron chi connectivity index (χ3n) is 1.90. The largest absolute Gasteiger partial charge is 0.257 e. The van der Waals surface area contributed by atoms with Gasteiger partial charge in [0.2, 0.25) is 0 Å². The van der Waals surface area contributed by atoms with Crippen LogP contribution < -0.4 is 0 Å². The van der Waals surface area contributed by atoms with Crippen LogP contribution in [0.3, 0.4) is 0 Å². The first kappa shape index (κ1) is 10.7. The molecule has 0 amide bonds. The van der Waals surface area contributed by atoms with E-state index >= 15 is 0 Å². The van der Waals surface area contributed by atoms with E-state index in [4.69, 9.17) is 0 Å². The smallest absolute Gasteiger partial charge is 0.0879 e. The van der Waals surface area contributed by atoms with Crippen LogP contribution in [0.5, 0.6) is 0 Å². The summed E-state index contributed by atoms with van der Waals surface area (Å²) in [5.41, 5.74) is 2.21. The van der Waals surface area contributed by atoms with Crippen LogP contribution in [0.25, 0.3) is 5.52 Å². The number of rotatable bonds is 1. The van der Waals surface area contributed by atoms with Gasteiger partial charge in [-0.25, -0.2) is 4.52 Å². The van der Waals surface area contributed by atoms with Gasteiger partial charge in [0.15, 0.2) is 0 Å². The maximum absolute atomic E-state index is 4.32. The van der Waals surface area contributed by atoms with E-state index in [9.17, 15) is 0 Å².